The van der Waals surface area contributed by atoms with Crippen molar-refractivity contribution in [1.29, 1.82) is 0 Å². The summed E-state index contributed by atoms with van der Waals surface area (Å²) in [6.45, 7) is 4.52. The van der Waals surface area contributed by atoms with E-state index in [0.717, 1.165) is 12.8 Å². The molecule has 18 heavy (non-hydrogen) atoms. The zero-order chi connectivity index (χ0) is 12.5. The maximum absolute atomic E-state index is 2.26. The van der Waals surface area contributed by atoms with Gasteiger partial charge in [-0.15, -0.1) is 0 Å². The van der Waals surface area contributed by atoms with Gasteiger partial charge >= 0.3 is 0 Å². The van der Waals surface area contributed by atoms with Crippen molar-refractivity contribution in [3.8, 4) is 0 Å². The lowest BCUT2D eigenvalue weighted by Gasteiger charge is -2.15. The molecule has 0 aliphatic heterocycles. The molecule has 0 amide bonds. The van der Waals surface area contributed by atoms with Gasteiger partial charge in [0.1, 0.15) is 0 Å². The highest BCUT2D eigenvalue weighted by atomic mass is 14.1. The maximum atomic E-state index is 2.26. The molecule has 0 heterocycles. The van der Waals surface area contributed by atoms with E-state index in [2.05, 4.69) is 62.4 Å². The van der Waals surface area contributed by atoms with Crippen molar-refractivity contribution < 1.29 is 0 Å². The third-order valence-electron chi connectivity index (χ3n) is 3.87. The summed E-state index contributed by atoms with van der Waals surface area (Å²) in [5.41, 5.74) is 3.04. The van der Waals surface area contributed by atoms with Crippen LogP contribution in [0.2, 0.25) is 0 Å². The van der Waals surface area contributed by atoms with Gasteiger partial charge in [0.05, 0.1) is 0 Å². The van der Waals surface area contributed by atoms with Gasteiger partial charge in [-0.05, 0) is 45.5 Å². The fraction of sp³-hybridized carbons (Fsp3) is 0.222. The van der Waals surface area contributed by atoms with E-state index < -0.39 is 0 Å². The van der Waals surface area contributed by atoms with Gasteiger partial charge in [-0.2, -0.15) is 0 Å². The molecule has 90 valence electrons. The van der Waals surface area contributed by atoms with Crippen LogP contribution in [0.3, 0.4) is 0 Å². The van der Waals surface area contributed by atoms with Crippen molar-refractivity contribution >= 4 is 21.5 Å². The molecule has 0 aromatic heterocycles. The first-order valence-electron chi connectivity index (χ1n) is 6.78. The first-order valence-corrected chi connectivity index (χ1v) is 6.78. The highest BCUT2D eigenvalue weighted by molar-refractivity contribution is 6.10. The van der Waals surface area contributed by atoms with Crippen LogP contribution in [0.15, 0.2) is 48.5 Å². The number of hydrogen-bond donors (Lipinski definition) is 0. The van der Waals surface area contributed by atoms with E-state index in [4.69, 9.17) is 0 Å². The predicted molar refractivity (Wildman–Crippen MR) is 80.2 cm³/mol. The van der Waals surface area contributed by atoms with Gasteiger partial charge in [0, 0.05) is 0 Å². The second-order valence-electron chi connectivity index (χ2n) is 4.76. The summed E-state index contributed by atoms with van der Waals surface area (Å²) in [7, 11) is 0. The molecule has 3 rings (SSSR count). The standard InChI is InChI=1S/C18H18/c1-3-13-14(4-2)16-10-6-8-12-18(16)17-11-7-5-9-15(13)17/h5-12H,3-4H2,1-2H3. The molecule has 0 atom stereocenters. The quantitative estimate of drug-likeness (QED) is 0.540. The Balaban J connectivity index is 2.61. The lowest BCUT2D eigenvalue weighted by atomic mass is 9.89. The van der Waals surface area contributed by atoms with Crippen LogP contribution in [-0.2, 0) is 12.8 Å². The van der Waals surface area contributed by atoms with Crippen molar-refractivity contribution in [3.05, 3.63) is 59.7 Å². The van der Waals surface area contributed by atoms with Gasteiger partial charge in [0.25, 0.3) is 0 Å². The fourth-order valence-corrected chi connectivity index (χ4v) is 3.10. The summed E-state index contributed by atoms with van der Waals surface area (Å²) in [6.07, 6.45) is 2.21. The largest absolute Gasteiger partial charge is 0.0616 e. The van der Waals surface area contributed by atoms with E-state index in [-0.39, 0.29) is 0 Å². The fourth-order valence-electron chi connectivity index (χ4n) is 3.10. The molecule has 0 aliphatic rings. The third-order valence-corrected chi connectivity index (χ3v) is 3.87. The van der Waals surface area contributed by atoms with Crippen LogP contribution in [0, 0.1) is 0 Å². The van der Waals surface area contributed by atoms with Crippen LogP contribution in [0.1, 0.15) is 25.0 Å². The predicted octanol–water partition coefficient (Wildman–Crippen LogP) is 5.12. The smallest absolute Gasteiger partial charge is 0.0102 e. The molecule has 0 heteroatoms. The molecule has 3 aromatic carbocycles. The molecular weight excluding hydrogens is 216 g/mol. The van der Waals surface area contributed by atoms with Gasteiger partial charge in [0.15, 0.2) is 0 Å². The zero-order valence-electron chi connectivity index (χ0n) is 11.0. The molecule has 0 N–H and O–H groups in total. The van der Waals surface area contributed by atoms with Crippen LogP contribution in [0.25, 0.3) is 21.5 Å². The maximum Gasteiger partial charge on any atom is -0.0102 e. The number of hydrogen-bond acceptors (Lipinski definition) is 0. The zero-order valence-corrected chi connectivity index (χ0v) is 11.0. The first kappa shape index (κ1) is 11.3. The van der Waals surface area contributed by atoms with E-state index >= 15 is 0 Å². The first-order chi connectivity index (χ1) is 8.86. The monoisotopic (exact) mass is 234 g/mol. The van der Waals surface area contributed by atoms with E-state index in [1.807, 2.05) is 0 Å². The normalized spacial score (nSPS) is 11.2. The van der Waals surface area contributed by atoms with Crippen molar-refractivity contribution in [1.82, 2.24) is 0 Å². The van der Waals surface area contributed by atoms with Crippen LogP contribution in [-0.4, -0.2) is 0 Å². The van der Waals surface area contributed by atoms with E-state index in [9.17, 15) is 0 Å². The summed E-state index contributed by atoms with van der Waals surface area (Å²) in [5, 5.41) is 5.63. The SMILES string of the molecule is CCc1c(CC)c2ccccc2c2ccccc12. The van der Waals surface area contributed by atoms with E-state index in [1.165, 1.54) is 32.7 Å². The minimum absolute atomic E-state index is 1.11. The molecule has 0 saturated carbocycles. The van der Waals surface area contributed by atoms with Crippen molar-refractivity contribution in [3.63, 3.8) is 0 Å². The molecule has 0 radical (unpaired) electrons. The van der Waals surface area contributed by atoms with Gasteiger partial charge in [-0.3, -0.25) is 0 Å². The van der Waals surface area contributed by atoms with Crippen LogP contribution < -0.4 is 0 Å². The third kappa shape index (κ3) is 1.53. The molecule has 0 saturated heterocycles. The number of rotatable bonds is 2. The van der Waals surface area contributed by atoms with E-state index in [0.29, 0.717) is 0 Å². The van der Waals surface area contributed by atoms with Gasteiger partial charge in [-0.1, -0.05) is 62.4 Å². The van der Waals surface area contributed by atoms with Crippen LogP contribution >= 0.6 is 0 Å². The molecule has 0 unspecified atom stereocenters. The molecule has 0 bridgehead atoms. The Bertz CT molecular complexity index is 645. The highest BCUT2D eigenvalue weighted by Gasteiger charge is 2.10. The lowest BCUT2D eigenvalue weighted by Crippen LogP contribution is -1.95. The Hall–Kier alpha value is -1.82. The topological polar surface area (TPSA) is 0 Å². The molecule has 0 aliphatic carbocycles. The second kappa shape index (κ2) is 4.45. The van der Waals surface area contributed by atoms with Crippen LogP contribution in [0.5, 0.6) is 0 Å². The molecule has 0 fully saturated rings. The minimum atomic E-state index is 1.11. The number of aryl methyl sites for hydroxylation is 2. The van der Waals surface area contributed by atoms with Crippen molar-refractivity contribution in [2.24, 2.45) is 0 Å². The summed E-state index contributed by atoms with van der Waals surface area (Å²) < 4.78 is 0. The molecule has 3 aromatic rings. The Labute approximate surface area is 108 Å². The average molecular weight is 234 g/mol. The second-order valence-corrected chi connectivity index (χ2v) is 4.76. The molecule has 0 nitrogen and oxygen atoms in total. The summed E-state index contributed by atoms with van der Waals surface area (Å²) in [4.78, 5) is 0. The summed E-state index contributed by atoms with van der Waals surface area (Å²) >= 11 is 0. The molecular formula is C18H18. The Morgan fingerprint density at radius 1 is 0.556 bits per heavy atom. The highest BCUT2D eigenvalue weighted by Crippen LogP contribution is 2.33. The summed E-state index contributed by atoms with van der Waals surface area (Å²) in [5.74, 6) is 0. The Morgan fingerprint density at radius 2 is 0.889 bits per heavy atom. The number of benzene rings is 3. The van der Waals surface area contributed by atoms with E-state index in [1.54, 1.807) is 0 Å². The summed E-state index contributed by atoms with van der Waals surface area (Å²) in [6, 6.07) is 17.6. The average Bonchev–Trinajstić information content (AvgIpc) is 2.45. The van der Waals surface area contributed by atoms with Gasteiger partial charge in [-0.25, -0.2) is 0 Å². The van der Waals surface area contributed by atoms with Crippen LogP contribution in [0.4, 0.5) is 0 Å². The lowest BCUT2D eigenvalue weighted by molar-refractivity contribution is 1.07. The minimum Gasteiger partial charge on any atom is -0.0616 e. The Kier molecular flexibility index (Phi) is 2.79. The molecule has 0 spiro atoms. The number of fused-ring (bicyclic) bond motifs is 3. The Morgan fingerprint density at radius 3 is 1.22 bits per heavy atom. The van der Waals surface area contributed by atoms with Gasteiger partial charge in [0.2, 0.25) is 0 Å². The van der Waals surface area contributed by atoms with Crippen molar-refractivity contribution in [2.75, 3.05) is 0 Å². The van der Waals surface area contributed by atoms with Gasteiger partial charge < -0.3 is 0 Å². The van der Waals surface area contributed by atoms with Crippen molar-refractivity contribution in [2.45, 2.75) is 26.7 Å².